The molecule has 58 heavy (non-hydrogen) atoms. The van der Waals surface area contributed by atoms with Crippen LogP contribution in [0.2, 0.25) is 5.02 Å². The molecule has 3 saturated heterocycles. The molecule has 1 unspecified atom stereocenters. The summed E-state index contributed by atoms with van der Waals surface area (Å²) in [5, 5.41) is 2.81. The van der Waals surface area contributed by atoms with Crippen LogP contribution in [0.25, 0.3) is 4.85 Å². The van der Waals surface area contributed by atoms with Gasteiger partial charge in [-0.2, -0.15) is 0 Å². The van der Waals surface area contributed by atoms with Gasteiger partial charge in [-0.3, -0.25) is 39.2 Å². The largest absolute Gasteiger partial charge is 0.487 e. The van der Waals surface area contributed by atoms with Crippen LogP contribution in [0.4, 0.5) is 11.6 Å². The number of aromatic nitrogens is 2. The lowest BCUT2D eigenvalue weighted by molar-refractivity contribution is -0.136. The SMILES string of the molecule is [C-]#[N+]c1cc(Cl)cc(C(C)(C)c2ccc(OCc3ccnc(N4CCN(C5CCN(Cc6cccc7c6C(=O)N(C6CCC(=O)NC6=O)C7=O)CC5)CC4)n3)cc2)c1. The number of halogens is 1. The fourth-order valence-electron chi connectivity index (χ4n) is 8.60. The first kappa shape index (κ1) is 39.2. The number of hydrogen-bond acceptors (Lipinski definition) is 10. The zero-order valence-electron chi connectivity index (χ0n) is 32.6. The van der Waals surface area contributed by atoms with E-state index in [4.69, 9.17) is 27.9 Å². The molecule has 8 rings (SSSR count). The second-order valence-electron chi connectivity index (χ2n) is 15.9. The standard InChI is InChI=1S/C44H45ClN8O5/c1-44(2,30-23-31(45)25-33(24-30)46-3)29-7-9-35(10-8-29)58-27-32-13-16-47-43(48-32)52-21-19-51(20-22-52)34-14-17-50(18-15-34)26-28-5-4-6-36-39(28)42(57)53(41(36)56)37-11-12-38(54)49-40(37)55/h4-10,13,16,23-25,34,37H,11-12,14-15,17-22,26-27H2,1-2H3,(H,49,54,55). The fourth-order valence-corrected chi connectivity index (χ4v) is 8.83. The van der Waals surface area contributed by atoms with Crippen LogP contribution in [-0.4, -0.2) is 99.6 Å². The molecule has 4 aliphatic rings. The first-order chi connectivity index (χ1) is 28.0. The molecule has 4 aromatic rings. The van der Waals surface area contributed by atoms with Crippen molar-refractivity contribution in [2.45, 2.75) is 70.2 Å². The Morgan fingerprint density at radius 1 is 0.897 bits per heavy atom. The van der Waals surface area contributed by atoms with Crippen LogP contribution in [0.5, 0.6) is 5.75 Å². The van der Waals surface area contributed by atoms with Crippen LogP contribution in [0, 0.1) is 6.57 Å². The van der Waals surface area contributed by atoms with Gasteiger partial charge in [0.15, 0.2) is 5.69 Å². The number of rotatable bonds is 10. The summed E-state index contributed by atoms with van der Waals surface area (Å²) in [5.74, 6) is -0.490. The van der Waals surface area contributed by atoms with Crippen molar-refractivity contribution < 1.29 is 23.9 Å². The molecule has 0 radical (unpaired) electrons. The van der Waals surface area contributed by atoms with Gasteiger partial charge in [0, 0.05) is 61.8 Å². The molecule has 0 aliphatic carbocycles. The number of nitrogens with zero attached hydrogens (tertiary/aromatic N) is 7. The third kappa shape index (κ3) is 7.92. The molecule has 13 nitrogen and oxygen atoms in total. The highest BCUT2D eigenvalue weighted by Crippen LogP contribution is 2.36. The van der Waals surface area contributed by atoms with E-state index in [0.717, 1.165) is 85.1 Å². The van der Waals surface area contributed by atoms with E-state index >= 15 is 0 Å². The number of piperazine rings is 1. The van der Waals surface area contributed by atoms with Gasteiger partial charge in [-0.15, -0.1) is 0 Å². The maximum Gasteiger partial charge on any atom is 0.262 e. The zero-order chi connectivity index (χ0) is 40.6. The van der Waals surface area contributed by atoms with Gasteiger partial charge in [0.2, 0.25) is 17.8 Å². The highest BCUT2D eigenvalue weighted by Gasteiger charge is 2.45. The van der Waals surface area contributed by atoms with E-state index in [-0.39, 0.29) is 24.2 Å². The van der Waals surface area contributed by atoms with Crippen molar-refractivity contribution in [3.8, 4) is 5.75 Å². The number of hydrogen-bond donors (Lipinski definition) is 1. The van der Waals surface area contributed by atoms with Crippen LogP contribution < -0.4 is 15.0 Å². The van der Waals surface area contributed by atoms with E-state index in [2.05, 4.69) is 43.7 Å². The van der Waals surface area contributed by atoms with Gasteiger partial charge in [0.1, 0.15) is 18.4 Å². The maximum atomic E-state index is 13.6. The second-order valence-corrected chi connectivity index (χ2v) is 16.3. The molecule has 4 aliphatic heterocycles. The first-order valence-electron chi connectivity index (χ1n) is 19.8. The monoisotopic (exact) mass is 800 g/mol. The predicted octanol–water partition coefficient (Wildman–Crippen LogP) is 5.77. The van der Waals surface area contributed by atoms with Crippen molar-refractivity contribution in [3.05, 3.63) is 123 Å². The van der Waals surface area contributed by atoms with Crippen molar-refractivity contribution in [2.24, 2.45) is 0 Å². The lowest BCUT2D eigenvalue weighted by Crippen LogP contribution is -2.54. The minimum Gasteiger partial charge on any atom is -0.487 e. The van der Waals surface area contributed by atoms with Gasteiger partial charge >= 0.3 is 0 Å². The van der Waals surface area contributed by atoms with E-state index in [1.165, 1.54) is 0 Å². The number of ether oxygens (including phenoxy) is 1. The lowest BCUT2D eigenvalue weighted by atomic mass is 9.78. The molecule has 0 saturated carbocycles. The van der Waals surface area contributed by atoms with E-state index in [0.29, 0.717) is 47.0 Å². The van der Waals surface area contributed by atoms with Crippen molar-refractivity contribution in [1.29, 1.82) is 0 Å². The van der Waals surface area contributed by atoms with Gasteiger partial charge in [-0.25, -0.2) is 14.8 Å². The summed E-state index contributed by atoms with van der Waals surface area (Å²) in [6, 6.07) is 20.2. The highest BCUT2D eigenvalue weighted by molar-refractivity contribution is 6.31. The Bertz CT molecular complexity index is 2290. The number of benzene rings is 3. The quantitative estimate of drug-likeness (QED) is 0.156. The average Bonchev–Trinajstić information content (AvgIpc) is 3.49. The summed E-state index contributed by atoms with van der Waals surface area (Å²) in [7, 11) is 0. The summed E-state index contributed by atoms with van der Waals surface area (Å²) >= 11 is 6.31. The molecule has 0 bridgehead atoms. The molecule has 4 amide bonds. The number of anilines is 1. The number of likely N-dealkylation sites (tertiary alicyclic amines) is 1. The van der Waals surface area contributed by atoms with Crippen molar-refractivity contribution in [2.75, 3.05) is 44.2 Å². The Hall–Kier alpha value is -5.68. The van der Waals surface area contributed by atoms with E-state index in [1.807, 2.05) is 48.5 Å². The van der Waals surface area contributed by atoms with Crippen LogP contribution in [0.15, 0.2) is 72.9 Å². The van der Waals surface area contributed by atoms with Gasteiger partial charge in [-0.1, -0.05) is 55.8 Å². The molecule has 0 spiro atoms. The minimum absolute atomic E-state index is 0.0923. The van der Waals surface area contributed by atoms with Gasteiger partial charge in [0.25, 0.3) is 11.8 Å². The lowest BCUT2D eigenvalue weighted by Gasteiger charge is -2.42. The molecule has 1 aromatic heterocycles. The normalized spacial score (nSPS) is 19.6. The molecule has 14 heteroatoms. The van der Waals surface area contributed by atoms with Crippen molar-refractivity contribution >= 4 is 46.9 Å². The number of nitrogens with one attached hydrogen (secondary N) is 1. The second kappa shape index (κ2) is 16.3. The van der Waals surface area contributed by atoms with Crippen LogP contribution in [0.3, 0.4) is 0 Å². The van der Waals surface area contributed by atoms with Crippen LogP contribution in [0.1, 0.15) is 82.6 Å². The topological polar surface area (TPSA) is 133 Å². The Balaban J connectivity index is 0.812. The third-order valence-electron chi connectivity index (χ3n) is 12.0. The zero-order valence-corrected chi connectivity index (χ0v) is 33.4. The fraction of sp³-hybridized carbons (Fsp3) is 0.386. The summed E-state index contributed by atoms with van der Waals surface area (Å²) in [4.78, 5) is 72.2. The Kier molecular flexibility index (Phi) is 11.0. The molecule has 3 fully saturated rings. The minimum atomic E-state index is -0.976. The Labute approximate surface area is 342 Å². The highest BCUT2D eigenvalue weighted by atomic mass is 35.5. The number of carbonyl (C=O) groups excluding carboxylic acids is 4. The van der Waals surface area contributed by atoms with E-state index in [1.54, 1.807) is 24.4 Å². The first-order valence-corrected chi connectivity index (χ1v) is 20.1. The van der Waals surface area contributed by atoms with Gasteiger partial charge in [-0.05, 0) is 85.4 Å². The van der Waals surface area contributed by atoms with E-state index in [9.17, 15) is 19.2 Å². The molecule has 1 atom stereocenters. The number of carbonyl (C=O) groups is 4. The summed E-state index contributed by atoms with van der Waals surface area (Å²) in [6.07, 6.45) is 4.01. The smallest absolute Gasteiger partial charge is 0.262 e. The van der Waals surface area contributed by atoms with Crippen LogP contribution in [-0.2, 0) is 28.2 Å². The Morgan fingerprint density at radius 2 is 1.66 bits per heavy atom. The van der Waals surface area contributed by atoms with E-state index < -0.39 is 23.8 Å². The molecule has 5 heterocycles. The molecule has 1 N–H and O–H groups in total. The molecule has 298 valence electrons. The molecular weight excluding hydrogens is 756 g/mol. The predicted molar refractivity (Wildman–Crippen MR) is 218 cm³/mol. The Morgan fingerprint density at radius 3 is 2.38 bits per heavy atom. The summed E-state index contributed by atoms with van der Waals surface area (Å²) in [5.41, 5.74) is 4.51. The summed E-state index contributed by atoms with van der Waals surface area (Å²) in [6.45, 7) is 17.7. The number of fused-ring (bicyclic) bond motifs is 1. The van der Waals surface area contributed by atoms with Gasteiger partial charge < -0.3 is 9.64 Å². The number of piperidine rings is 2. The average molecular weight is 801 g/mol. The maximum absolute atomic E-state index is 13.6. The number of amides is 4. The van der Waals surface area contributed by atoms with Crippen molar-refractivity contribution in [1.82, 2.24) is 30.0 Å². The summed E-state index contributed by atoms with van der Waals surface area (Å²) < 4.78 is 6.13. The molecular formula is C44H45ClN8O5. The molecule has 3 aromatic carbocycles. The van der Waals surface area contributed by atoms with Crippen molar-refractivity contribution in [3.63, 3.8) is 0 Å². The van der Waals surface area contributed by atoms with Gasteiger partial charge in [0.05, 0.1) is 23.4 Å². The third-order valence-corrected chi connectivity index (χ3v) is 12.2. The number of imide groups is 2. The van der Waals surface area contributed by atoms with Crippen LogP contribution >= 0.6 is 11.6 Å².